The second-order valence-corrected chi connectivity index (χ2v) is 7.66. The minimum atomic E-state index is -0.962. The number of hydrogen-bond acceptors (Lipinski definition) is 6. The van der Waals surface area contributed by atoms with Crippen molar-refractivity contribution in [1.82, 2.24) is 4.90 Å². The third-order valence-electron chi connectivity index (χ3n) is 4.61. The van der Waals surface area contributed by atoms with E-state index in [4.69, 9.17) is 19.3 Å². The van der Waals surface area contributed by atoms with Crippen LogP contribution in [-0.2, 0) is 16.2 Å². The number of aliphatic carboxylic acids is 1. The van der Waals surface area contributed by atoms with E-state index < -0.39 is 5.97 Å². The van der Waals surface area contributed by atoms with Gasteiger partial charge in [-0.3, -0.25) is 9.59 Å². The SMILES string of the molecule is COc1cccc(COc2ccccc2OC[C@H](CC(=O)CCC(=O)O)CN(C)C)c1. The van der Waals surface area contributed by atoms with Gasteiger partial charge in [0.15, 0.2) is 11.5 Å². The maximum atomic E-state index is 12.2. The summed E-state index contributed by atoms with van der Waals surface area (Å²) < 4.78 is 17.2. The largest absolute Gasteiger partial charge is 0.497 e. The van der Waals surface area contributed by atoms with Gasteiger partial charge in [0.2, 0.25) is 0 Å². The third kappa shape index (κ3) is 9.09. The van der Waals surface area contributed by atoms with Gasteiger partial charge in [-0.15, -0.1) is 0 Å². The molecule has 0 aromatic heterocycles. The van der Waals surface area contributed by atoms with E-state index in [1.54, 1.807) is 7.11 Å². The number of carboxylic acids is 1. The normalized spacial score (nSPS) is 11.7. The minimum Gasteiger partial charge on any atom is -0.497 e. The summed E-state index contributed by atoms with van der Waals surface area (Å²) in [6.07, 6.45) is 0.174. The molecule has 0 saturated carbocycles. The first-order chi connectivity index (χ1) is 14.9. The van der Waals surface area contributed by atoms with Crippen LogP contribution in [0.15, 0.2) is 48.5 Å². The molecule has 0 heterocycles. The molecule has 0 fully saturated rings. The molecule has 0 amide bonds. The van der Waals surface area contributed by atoms with E-state index in [9.17, 15) is 9.59 Å². The Morgan fingerprint density at radius 3 is 2.35 bits per heavy atom. The Kier molecular flexibility index (Phi) is 9.84. The number of benzene rings is 2. The molecule has 1 atom stereocenters. The quantitative estimate of drug-likeness (QED) is 0.491. The molecule has 0 unspecified atom stereocenters. The highest BCUT2D eigenvalue weighted by Crippen LogP contribution is 2.28. The lowest BCUT2D eigenvalue weighted by atomic mass is 10.0. The van der Waals surface area contributed by atoms with Gasteiger partial charge in [-0.25, -0.2) is 0 Å². The molecule has 7 heteroatoms. The average Bonchev–Trinajstić information content (AvgIpc) is 2.75. The smallest absolute Gasteiger partial charge is 0.303 e. The highest BCUT2D eigenvalue weighted by Gasteiger charge is 2.18. The number of nitrogens with zero attached hydrogens (tertiary/aromatic N) is 1. The van der Waals surface area contributed by atoms with Gasteiger partial charge in [0.25, 0.3) is 0 Å². The summed E-state index contributed by atoms with van der Waals surface area (Å²) >= 11 is 0. The van der Waals surface area contributed by atoms with Gasteiger partial charge in [0.1, 0.15) is 18.1 Å². The van der Waals surface area contributed by atoms with Gasteiger partial charge in [-0.2, -0.15) is 0 Å². The Bertz CT molecular complexity index is 851. The van der Waals surface area contributed by atoms with E-state index in [0.29, 0.717) is 31.3 Å². The third-order valence-corrected chi connectivity index (χ3v) is 4.61. The predicted octanol–water partition coefficient (Wildman–Crippen LogP) is 3.65. The number of ether oxygens (including phenoxy) is 3. The molecule has 0 aliphatic carbocycles. The number of ketones is 1. The van der Waals surface area contributed by atoms with Crippen molar-refractivity contribution >= 4 is 11.8 Å². The predicted molar refractivity (Wildman–Crippen MR) is 118 cm³/mol. The average molecular weight is 430 g/mol. The lowest BCUT2D eigenvalue weighted by Crippen LogP contribution is -2.28. The zero-order valence-electron chi connectivity index (χ0n) is 18.4. The van der Waals surface area contributed by atoms with Gasteiger partial charge in [-0.05, 0) is 43.9 Å². The molecule has 2 aromatic rings. The molecule has 0 bridgehead atoms. The molecule has 0 aliphatic heterocycles. The van der Waals surface area contributed by atoms with Crippen LogP contribution < -0.4 is 14.2 Å². The van der Waals surface area contributed by atoms with E-state index >= 15 is 0 Å². The summed E-state index contributed by atoms with van der Waals surface area (Å²) in [5.41, 5.74) is 0.976. The van der Waals surface area contributed by atoms with Crippen LogP contribution in [0.3, 0.4) is 0 Å². The summed E-state index contributed by atoms with van der Waals surface area (Å²) in [6, 6.07) is 15.1. The Morgan fingerprint density at radius 1 is 1.00 bits per heavy atom. The summed E-state index contributed by atoms with van der Waals surface area (Å²) in [6.45, 7) is 1.36. The molecule has 0 spiro atoms. The van der Waals surface area contributed by atoms with E-state index in [-0.39, 0.29) is 31.0 Å². The van der Waals surface area contributed by atoms with Crippen molar-refractivity contribution in [2.45, 2.75) is 25.9 Å². The number of carbonyl (C=O) groups is 2. The van der Waals surface area contributed by atoms with Gasteiger partial charge >= 0.3 is 5.97 Å². The van der Waals surface area contributed by atoms with E-state index in [1.165, 1.54) is 0 Å². The number of rotatable bonds is 14. The van der Waals surface area contributed by atoms with Crippen LogP contribution in [-0.4, -0.2) is 56.1 Å². The van der Waals surface area contributed by atoms with E-state index in [2.05, 4.69) is 0 Å². The van der Waals surface area contributed by atoms with Gasteiger partial charge < -0.3 is 24.2 Å². The lowest BCUT2D eigenvalue weighted by molar-refractivity contribution is -0.138. The fourth-order valence-electron chi connectivity index (χ4n) is 3.18. The van der Waals surface area contributed by atoms with Crippen LogP contribution in [0.4, 0.5) is 0 Å². The first-order valence-electron chi connectivity index (χ1n) is 10.2. The monoisotopic (exact) mass is 429 g/mol. The Morgan fingerprint density at radius 2 is 1.71 bits per heavy atom. The number of Topliss-reactive ketones (excluding diaryl/α,β-unsaturated/α-hetero) is 1. The Labute approximate surface area is 183 Å². The van der Waals surface area contributed by atoms with Crippen molar-refractivity contribution in [2.24, 2.45) is 5.92 Å². The van der Waals surface area contributed by atoms with Crippen LogP contribution in [0.2, 0.25) is 0 Å². The van der Waals surface area contributed by atoms with Gasteiger partial charge in [0.05, 0.1) is 20.1 Å². The van der Waals surface area contributed by atoms with Crippen molar-refractivity contribution < 1.29 is 28.9 Å². The number of carboxylic acid groups (broad SMARTS) is 1. The van der Waals surface area contributed by atoms with Crippen molar-refractivity contribution in [3.63, 3.8) is 0 Å². The number of para-hydroxylation sites is 2. The highest BCUT2D eigenvalue weighted by molar-refractivity contribution is 5.82. The first-order valence-corrected chi connectivity index (χ1v) is 10.2. The second kappa shape index (κ2) is 12.6. The summed E-state index contributed by atoms with van der Waals surface area (Å²) in [5, 5.41) is 8.78. The zero-order valence-corrected chi connectivity index (χ0v) is 18.4. The van der Waals surface area contributed by atoms with Crippen LogP contribution in [0, 0.1) is 5.92 Å². The number of methoxy groups -OCH3 is 1. The van der Waals surface area contributed by atoms with Gasteiger partial charge in [-0.1, -0.05) is 24.3 Å². The summed E-state index contributed by atoms with van der Waals surface area (Å²) in [7, 11) is 5.49. The van der Waals surface area contributed by atoms with Crippen molar-refractivity contribution in [3.05, 3.63) is 54.1 Å². The van der Waals surface area contributed by atoms with Crippen LogP contribution in [0.1, 0.15) is 24.8 Å². The fourth-order valence-corrected chi connectivity index (χ4v) is 3.18. The van der Waals surface area contributed by atoms with Crippen molar-refractivity contribution in [1.29, 1.82) is 0 Å². The highest BCUT2D eigenvalue weighted by atomic mass is 16.5. The van der Waals surface area contributed by atoms with Crippen molar-refractivity contribution in [2.75, 3.05) is 34.4 Å². The molecule has 2 rings (SSSR count). The summed E-state index contributed by atoms with van der Waals surface area (Å²) in [4.78, 5) is 24.9. The number of hydrogen-bond donors (Lipinski definition) is 1. The second-order valence-electron chi connectivity index (χ2n) is 7.66. The molecular formula is C24H31NO6. The molecule has 31 heavy (non-hydrogen) atoms. The minimum absolute atomic E-state index is 0.0412. The van der Waals surface area contributed by atoms with Gasteiger partial charge in [0, 0.05) is 25.3 Å². The van der Waals surface area contributed by atoms with Crippen LogP contribution in [0.5, 0.6) is 17.2 Å². The number of carbonyl (C=O) groups excluding carboxylic acids is 1. The Hall–Kier alpha value is -3.06. The van der Waals surface area contributed by atoms with Crippen molar-refractivity contribution in [3.8, 4) is 17.2 Å². The maximum Gasteiger partial charge on any atom is 0.303 e. The van der Waals surface area contributed by atoms with E-state index in [1.807, 2.05) is 67.5 Å². The molecule has 1 N–H and O–H groups in total. The maximum absolute atomic E-state index is 12.2. The molecular weight excluding hydrogens is 398 g/mol. The van der Waals surface area contributed by atoms with Crippen LogP contribution >= 0.6 is 0 Å². The molecule has 7 nitrogen and oxygen atoms in total. The zero-order chi connectivity index (χ0) is 22.6. The Balaban J connectivity index is 1.98. The molecule has 0 radical (unpaired) electrons. The van der Waals surface area contributed by atoms with E-state index in [0.717, 1.165) is 11.3 Å². The summed E-state index contributed by atoms with van der Waals surface area (Å²) in [5.74, 6) is 0.905. The molecule has 168 valence electrons. The fraction of sp³-hybridized carbons (Fsp3) is 0.417. The topological polar surface area (TPSA) is 85.3 Å². The molecule has 0 aliphatic rings. The van der Waals surface area contributed by atoms with Crippen LogP contribution in [0.25, 0.3) is 0 Å². The first kappa shape index (κ1) is 24.2. The lowest BCUT2D eigenvalue weighted by Gasteiger charge is -2.21. The molecule has 2 aromatic carbocycles. The molecule has 0 saturated heterocycles. The standard InChI is InChI=1S/C24H31NO6/c1-25(2)15-19(13-20(26)11-12-24(27)28)17-31-23-10-5-4-9-22(23)30-16-18-7-6-8-21(14-18)29-3/h4-10,14,19H,11-13,15-17H2,1-3H3,(H,27,28)/t19-/m1/s1.